The lowest BCUT2D eigenvalue weighted by Gasteiger charge is -2.16. The van der Waals surface area contributed by atoms with E-state index in [0.29, 0.717) is 31.6 Å². The minimum atomic E-state index is -0.393. The van der Waals surface area contributed by atoms with Gasteiger partial charge in [0, 0.05) is 50.6 Å². The number of aliphatic hydroxyl groups excluding tert-OH is 1. The van der Waals surface area contributed by atoms with E-state index in [1.165, 1.54) is 0 Å². The first-order chi connectivity index (χ1) is 11.1. The number of hydrogen-bond acceptors (Lipinski definition) is 4. The van der Waals surface area contributed by atoms with Gasteiger partial charge in [-0.3, -0.25) is 9.59 Å². The summed E-state index contributed by atoms with van der Waals surface area (Å²) in [5.41, 5.74) is 1.63. The molecule has 2 amide bonds. The van der Waals surface area contributed by atoms with Crippen LogP contribution in [0, 0.1) is 5.92 Å². The standard InChI is InChI=1S/C17H23N3O3/c21-15-10-18-8-14(15)9-19-17(23)13-5-3-12(4-6-13)11-20-7-1-2-16(20)22/h3-6,14-15,18,21H,1-2,7-11H2,(H,19,23). The SMILES string of the molecule is O=C(NCC1CNCC1O)c1ccc(CN2CCCC2=O)cc1. The molecule has 2 aliphatic rings. The Morgan fingerprint density at radius 2 is 2.09 bits per heavy atom. The summed E-state index contributed by atoms with van der Waals surface area (Å²) in [7, 11) is 0. The van der Waals surface area contributed by atoms with E-state index in [1.807, 2.05) is 17.0 Å². The summed E-state index contributed by atoms with van der Waals surface area (Å²) in [4.78, 5) is 25.6. The zero-order valence-corrected chi connectivity index (χ0v) is 13.1. The van der Waals surface area contributed by atoms with E-state index >= 15 is 0 Å². The Morgan fingerprint density at radius 1 is 1.30 bits per heavy atom. The summed E-state index contributed by atoms with van der Waals surface area (Å²) in [6, 6.07) is 7.36. The number of amides is 2. The van der Waals surface area contributed by atoms with Gasteiger partial charge in [0.1, 0.15) is 0 Å². The summed E-state index contributed by atoms with van der Waals surface area (Å²) in [5.74, 6) is 0.142. The molecule has 0 radical (unpaired) electrons. The summed E-state index contributed by atoms with van der Waals surface area (Å²) >= 11 is 0. The molecule has 23 heavy (non-hydrogen) atoms. The highest BCUT2D eigenvalue weighted by Crippen LogP contribution is 2.15. The third-order valence-electron chi connectivity index (χ3n) is 4.59. The highest BCUT2D eigenvalue weighted by molar-refractivity contribution is 5.94. The number of likely N-dealkylation sites (tertiary alicyclic amines) is 1. The van der Waals surface area contributed by atoms with Gasteiger partial charge < -0.3 is 20.6 Å². The van der Waals surface area contributed by atoms with Crippen LogP contribution in [0.3, 0.4) is 0 Å². The Morgan fingerprint density at radius 3 is 2.70 bits per heavy atom. The molecule has 3 N–H and O–H groups in total. The second kappa shape index (κ2) is 7.10. The molecular formula is C17H23N3O3. The van der Waals surface area contributed by atoms with Crippen molar-refractivity contribution in [3.8, 4) is 0 Å². The van der Waals surface area contributed by atoms with Gasteiger partial charge in [-0.15, -0.1) is 0 Å². The van der Waals surface area contributed by atoms with Crippen LogP contribution in [0.1, 0.15) is 28.8 Å². The van der Waals surface area contributed by atoms with Crippen LogP contribution in [0.4, 0.5) is 0 Å². The smallest absolute Gasteiger partial charge is 0.251 e. The van der Waals surface area contributed by atoms with Crippen LogP contribution >= 0.6 is 0 Å². The van der Waals surface area contributed by atoms with Crippen molar-refractivity contribution in [2.45, 2.75) is 25.5 Å². The van der Waals surface area contributed by atoms with E-state index in [9.17, 15) is 14.7 Å². The van der Waals surface area contributed by atoms with Crippen LogP contribution in [-0.2, 0) is 11.3 Å². The molecule has 6 nitrogen and oxygen atoms in total. The van der Waals surface area contributed by atoms with E-state index < -0.39 is 6.10 Å². The van der Waals surface area contributed by atoms with Gasteiger partial charge in [0.05, 0.1) is 6.10 Å². The molecule has 2 unspecified atom stereocenters. The van der Waals surface area contributed by atoms with Crippen molar-refractivity contribution in [2.75, 3.05) is 26.2 Å². The Balaban J connectivity index is 1.51. The Labute approximate surface area is 135 Å². The van der Waals surface area contributed by atoms with Gasteiger partial charge in [0.25, 0.3) is 5.91 Å². The molecule has 1 aromatic carbocycles. The van der Waals surface area contributed by atoms with E-state index in [-0.39, 0.29) is 17.7 Å². The molecule has 2 heterocycles. The maximum atomic E-state index is 12.1. The highest BCUT2D eigenvalue weighted by Gasteiger charge is 2.25. The van der Waals surface area contributed by atoms with Gasteiger partial charge >= 0.3 is 0 Å². The molecule has 2 aliphatic heterocycles. The minimum Gasteiger partial charge on any atom is -0.391 e. The zero-order valence-electron chi connectivity index (χ0n) is 13.1. The van der Waals surface area contributed by atoms with Gasteiger partial charge in [0.15, 0.2) is 0 Å². The second-order valence-corrected chi connectivity index (χ2v) is 6.31. The van der Waals surface area contributed by atoms with E-state index in [2.05, 4.69) is 10.6 Å². The Hall–Kier alpha value is -1.92. The molecule has 3 rings (SSSR count). The normalized spacial score (nSPS) is 24.2. The molecule has 0 aromatic heterocycles. The van der Waals surface area contributed by atoms with Gasteiger partial charge in [-0.05, 0) is 24.1 Å². The fraction of sp³-hybridized carbons (Fsp3) is 0.529. The largest absolute Gasteiger partial charge is 0.391 e. The van der Waals surface area contributed by atoms with Crippen LogP contribution in [-0.4, -0.2) is 54.1 Å². The first-order valence-corrected chi connectivity index (χ1v) is 8.17. The third kappa shape index (κ3) is 3.89. The van der Waals surface area contributed by atoms with E-state index in [1.54, 1.807) is 12.1 Å². The number of carbonyl (C=O) groups is 2. The van der Waals surface area contributed by atoms with Crippen molar-refractivity contribution >= 4 is 11.8 Å². The van der Waals surface area contributed by atoms with Crippen LogP contribution < -0.4 is 10.6 Å². The van der Waals surface area contributed by atoms with Gasteiger partial charge in [-0.1, -0.05) is 12.1 Å². The molecule has 2 fully saturated rings. The summed E-state index contributed by atoms with van der Waals surface area (Å²) < 4.78 is 0. The molecule has 6 heteroatoms. The maximum absolute atomic E-state index is 12.1. The quantitative estimate of drug-likeness (QED) is 0.720. The van der Waals surface area contributed by atoms with Crippen molar-refractivity contribution < 1.29 is 14.7 Å². The number of carbonyl (C=O) groups excluding carboxylic acids is 2. The van der Waals surface area contributed by atoms with Crippen LogP contribution in [0.15, 0.2) is 24.3 Å². The predicted molar refractivity (Wildman–Crippen MR) is 85.8 cm³/mol. The van der Waals surface area contributed by atoms with Crippen LogP contribution in [0.25, 0.3) is 0 Å². The van der Waals surface area contributed by atoms with E-state index in [0.717, 1.165) is 25.1 Å². The number of hydrogen-bond donors (Lipinski definition) is 3. The van der Waals surface area contributed by atoms with Crippen molar-refractivity contribution in [1.29, 1.82) is 0 Å². The first-order valence-electron chi connectivity index (χ1n) is 8.17. The number of β-amino-alcohol motifs (C(OH)–C–C–N with tert-alkyl or cyclic N) is 1. The predicted octanol–water partition coefficient (Wildman–Crippen LogP) is 0.119. The molecule has 0 bridgehead atoms. The van der Waals surface area contributed by atoms with Crippen molar-refractivity contribution in [3.05, 3.63) is 35.4 Å². The number of rotatable bonds is 5. The summed E-state index contributed by atoms with van der Waals surface area (Å²) in [6.07, 6.45) is 1.18. The Bertz CT molecular complexity index is 573. The van der Waals surface area contributed by atoms with Crippen LogP contribution in [0.5, 0.6) is 0 Å². The lowest BCUT2D eigenvalue weighted by atomic mass is 10.1. The van der Waals surface area contributed by atoms with E-state index in [4.69, 9.17) is 0 Å². The molecule has 2 saturated heterocycles. The topological polar surface area (TPSA) is 81.7 Å². The molecule has 0 saturated carbocycles. The molecule has 0 spiro atoms. The van der Waals surface area contributed by atoms with Gasteiger partial charge in [-0.25, -0.2) is 0 Å². The average Bonchev–Trinajstić information content (AvgIpc) is 3.14. The molecule has 0 aliphatic carbocycles. The molecule has 1 aromatic rings. The summed E-state index contributed by atoms with van der Waals surface area (Å²) in [6.45, 7) is 3.21. The van der Waals surface area contributed by atoms with Gasteiger partial charge in [0.2, 0.25) is 5.91 Å². The van der Waals surface area contributed by atoms with Crippen molar-refractivity contribution in [3.63, 3.8) is 0 Å². The second-order valence-electron chi connectivity index (χ2n) is 6.31. The molecule has 2 atom stereocenters. The lowest BCUT2D eigenvalue weighted by molar-refractivity contribution is -0.128. The molecular weight excluding hydrogens is 294 g/mol. The summed E-state index contributed by atoms with van der Waals surface area (Å²) in [5, 5.41) is 15.7. The number of nitrogens with zero attached hydrogens (tertiary/aromatic N) is 1. The number of aliphatic hydroxyl groups is 1. The average molecular weight is 317 g/mol. The first kappa shape index (κ1) is 16.0. The van der Waals surface area contributed by atoms with Crippen LogP contribution in [0.2, 0.25) is 0 Å². The van der Waals surface area contributed by atoms with Gasteiger partial charge in [-0.2, -0.15) is 0 Å². The highest BCUT2D eigenvalue weighted by atomic mass is 16.3. The van der Waals surface area contributed by atoms with Crippen molar-refractivity contribution in [1.82, 2.24) is 15.5 Å². The fourth-order valence-electron chi connectivity index (χ4n) is 3.11. The fourth-order valence-corrected chi connectivity index (χ4v) is 3.11. The monoisotopic (exact) mass is 317 g/mol. The van der Waals surface area contributed by atoms with Crippen molar-refractivity contribution in [2.24, 2.45) is 5.92 Å². The third-order valence-corrected chi connectivity index (χ3v) is 4.59. The molecule has 124 valence electrons. The number of benzene rings is 1. The lowest BCUT2D eigenvalue weighted by Crippen LogP contribution is -2.34. The number of nitrogens with one attached hydrogen (secondary N) is 2. The Kier molecular flexibility index (Phi) is 4.93. The minimum absolute atomic E-state index is 0.0689. The zero-order chi connectivity index (χ0) is 16.2. The maximum Gasteiger partial charge on any atom is 0.251 e.